The zero-order valence-corrected chi connectivity index (χ0v) is 13.1. The van der Waals surface area contributed by atoms with Gasteiger partial charge in [0.25, 0.3) is 10.0 Å². The lowest BCUT2D eigenvalue weighted by atomic mass is 10.1. The van der Waals surface area contributed by atoms with Gasteiger partial charge in [0.05, 0.1) is 7.11 Å². The summed E-state index contributed by atoms with van der Waals surface area (Å²) >= 11 is 0. The molecular weight excluding hydrogens is 317 g/mol. The van der Waals surface area contributed by atoms with E-state index in [-0.39, 0.29) is 10.6 Å². The molecule has 118 valence electrons. The van der Waals surface area contributed by atoms with Gasteiger partial charge in [-0.25, -0.2) is 12.8 Å². The van der Waals surface area contributed by atoms with Crippen molar-refractivity contribution in [2.45, 2.75) is 4.90 Å². The summed E-state index contributed by atoms with van der Waals surface area (Å²) in [7, 11) is -2.63. The van der Waals surface area contributed by atoms with Gasteiger partial charge in [0, 0.05) is 5.69 Å². The molecule has 3 aromatic rings. The molecule has 0 aliphatic rings. The fourth-order valence-corrected chi connectivity index (χ4v) is 3.55. The quantitative estimate of drug-likeness (QED) is 0.791. The molecule has 0 heterocycles. The van der Waals surface area contributed by atoms with Crippen LogP contribution in [-0.4, -0.2) is 15.5 Å². The van der Waals surface area contributed by atoms with Crippen LogP contribution in [0.25, 0.3) is 10.8 Å². The third kappa shape index (κ3) is 3.12. The summed E-state index contributed by atoms with van der Waals surface area (Å²) in [5, 5.41) is 1.90. The second-order valence-electron chi connectivity index (χ2n) is 4.96. The molecule has 1 N–H and O–H groups in total. The first-order valence-electron chi connectivity index (χ1n) is 6.85. The molecule has 0 atom stereocenters. The van der Waals surface area contributed by atoms with Crippen molar-refractivity contribution in [3.8, 4) is 5.75 Å². The molecule has 3 rings (SSSR count). The van der Waals surface area contributed by atoms with Crippen LogP contribution in [0.1, 0.15) is 0 Å². The van der Waals surface area contributed by atoms with E-state index < -0.39 is 15.8 Å². The van der Waals surface area contributed by atoms with Gasteiger partial charge in [-0.1, -0.05) is 30.3 Å². The predicted octanol–water partition coefficient (Wildman–Crippen LogP) is 3.79. The highest BCUT2D eigenvalue weighted by Crippen LogP contribution is 2.27. The number of methoxy groups -OCH3 is 1. The Balaban J connectivity index is 2.01. The SMILES string of the molecule is COc1ccc(F)cc1S(=O)(=O)Nc1ccc2ccccc2c1. The molecule has 4 nitrogen and oxygen atoms in total. The lowest BCUT2D eigenvalue weighted by Crippen LogP contribution is -2.14. The van der Waals surface area contributed by atoms with Crippen LogP contribution in [0.3, 0.4) is 0 Å². The summed E-state index contributed by atoms with van der Waals surface area (Å²) in [6.07, 6.45) is 0. The number of hydrogen-bond donors (Lipinski definition) is 1. The molecule has 0 bridgehead atoms. The van der Waals surface area contributed by atoms with Crippen molar-refractivity contribution in [3.63, 3.8) is 0 Å². The van der Waals surface area contributed by atoms with Gasteiger partial charge in [0.15, 0.2) is 0 Å². The van der Waals surface area contributed by atoms with Crippen molar-refractivity contribution in [3.05, 3.63) is 66.5 Å². The Morgan fingerprint density at radius 2 is 1.70 bits per heavy atom. The first kappa shape index (κ1) is 15.3. The van der Waals surface area contributed by atoms with Gasteiger partial charge in [0.1, 0.15) is 16.5 Å². The maximum atomic E-state index is 13.4. The highest BCUT2D eigenvalue weighted by molar-refractivity contribution is 7.92. The third-order valence-electron chi connectivity index (χ3n) is 3.42. The smallest absolute Gasteiger partial charge is 0.265 e. The Kier molecular flexibility index (Phi) is 3.92. The Hall–Kier alpha value is -2.60. The highest BCUT2D eigenvalue weighted by Gasteiger charge is 2.20. The second kappa shape index (κ2) is 5.89. The number of halogens is 1. The van der Waals surface area contributed by atoms with E-state index in [1.54, 1.807) is 12.1 Å². The molecule has 0 aliphatic heterocycles. The number of ether oxygens (including phenoxy) is 1. The fourth-order valence-electron chi connectivity index (χ4n) is 2.32. The van der Waals surface area contributed by atoms with Crippen molar-refractivity contribution in [2.75, 3.05) is 11.8 Å². The number of anilines is 1. The van der Waals surface area contributed by atoms with E-state index in [4.69, 9.17) is 4.74 Å². The number of hydrogen-bond acceptors (Lipinski definition) is 3. The predicted molar refractivity (Wildman–Crippen MR) is 87.7 cm³/mol. The van der Waals surface area contributed by atoms with Crippen molar-refractivity contribution in [1.82, 2.24) is 0 Å². The highest BCUT2D eigenvalue weighted by atomic mass is 32.2. The van der Waals surface area contributed by atoms with Crippen molar-refractivity contribution in [2.24, 2.45) is 0 Å². The molecule has 23 heavy (non-hydrogen) atoms. The standard InChI is InChI=1S/C17H14FNO3S/c1-22-16-9-7-14(18)11-17(16)23(20,21)19-15-8-6-12-4-2-3-5-13(12)10-15/h2-11,19H,1H3. The normalized spacial score (nSPS) is 11.4. The molecule has 0 amide bonds. The molecule has 0 spiro atoms. The van der Waals surface area contributed by atoms with Crippen LogP contribution in [0, 0.1) is 5.82 Å². The maximum absolute atomic E-state index is 13.4. The number of rotatable bonds is 4. The van der Waals surface area contributed by atoms with Gasteiger partial charge in [-0.15, -0.1) is 0 Å². The molecular formula is C17H14FNO3S. The van der Waals surface area contributed by atoms with Gasteiger partial charge in [0.2, 0.25) is 0 Å². The number of sulfonamides is 1. The minimum atomic E-state index is -3.96. The van der Waals surface area contributed by atoms with Gasteiger partial charge < -0.3 is 4.74 Å². The molecule has 0 aliphatic carbocycles. The maximum Gasteiger partial charge on any atom is 0.265 e. The summed E-state index contributed by atoms with van der Waals surface area (Å²) in [5.74, 6) is -0.565. The molecule has 0 unspecified atom stereocenters. The topological polar surface area (TPSA) is 55.4 Å². The van der Waals surface area contributed by atoms with Crippen molar-refractivity contribution in [1.29, 1.82) is 0 Å². The lowest BCUT2D eigenvalue weighted by molar-refractivity contribution is 0.401. The molecule has 6 heteroatoms. The van der Waals surface area contributed by atoms with E-state index in [0.29, 0.717) is 5.69 Å². The monoisotopic (exact) mass is 331 g/mol. The van der Waals surface area contributed by atoms with E-state index in [1.807, 2.05) is 30.3 Å². The molecule has 0 saturated carbocycles. The molecule has 0 radical (unpaired) electrons. The van der Waals surface area contributed by atoms with Crippen LogP contribution in [0.5, 0.6) is 5.75 Å². The van der Waals surface area contributed by atoms with Crippen LogP contribution >= 0.6 is 0 Å². The van der Waals surface area contributed by atoms with Crippen LogP contribution in [-0.2, 0) is 10.0 Å². The van der Waals surface area contributed by atoms with Crippen molar-refractivity contribution >= 4 is 26.5 Å². The summed E-state index contributed by atoms with van der Waals surface area (Å²) in [6, 6.07) is 16.2. The molecule has 0 fully saturated rings. The van der Waals surface area contributed by atoms with E-state index in [9.17, 15) is 12.8 Å². The second-order valence-corrected chi connectivity index (χ2v) is 6.61. The van der Waals surface area contributed by atoms with Crippen LogP contribution in [0.2, 0.25) is 0 Å². The average molecular weight is 331 g/mol. The number of benzene rings is 3. The Bertz CT molecular complexity index is 970. The summed E-state index contributed by atoms with van der Waals surface area (Å²) < 4.78 is 45.9. The van der Waals surface area contributed by atoms with Crippen LogP contribution in [0.15, 0.2) is 65.6 Å². The zero-order valence-electron chi connectivity index (χ0n) is 12.3. The third-order valence-corrected chi connectivity index (χ3v) is 4.82. The Morgan fingerprint density at radius 1 is 0.957 bits per heavy atom. The lowest BCUT2D eigenvalue weighted by Gasteiger charge is -2.12. The number of fused-ring (bicyclic) bond motifs is 1. The average Bonchev–Trinajstić information content (AvgIpc) is 2.54. The van der Waals surface area contributed by atoms with Gasteiger partial charge in [-0.2, -0.15) is 0 Å². The van der Waals surface area contributed by atoms with E-state index >= 15 is 0 Å². The van der Waals surface area contributed by atoms with E-state index in [2.05, 4.69) is 4.72 Å². The van der Waals surface area contributed by atoms with Crippen LogP contribution < -0.4 is 9.46 Å². The van der Waals surface area contributed by atoms with Gasteiger partial charge in [-0.3, -0.25) is 4.72 Å². The molecule has 0 aromatic heterocycles. The zero-order chi connectivity index (χ0) is 16.4. The van der Waals surface area contributed by atoms with E-state index in [1.165, 1.54) is 13.2 Å². The summed E-state index contributed by atoms with van der Waals surface area (Å²) in [4.78, 5) is -0.242. The molecule has 3 aromatic carbocycles. The van der Waals surface area contributed by atoms with Crippen molar-refractivity contribution < 1.29 is 17.5 Å². The van der Waals surface area contributed by atoms with Gasteiger partial charge in [-0.05, 0) is 41.1 Å². The number of nitrogens with one attached hydrogen (secondary N) is 1. The van der Waals surface area contributed by atoms with Gasteiger partial charge >= 0.3 is 0 Å². The molecule has 0 saturated heterocycles. The Morgan fingerprint density at radius 3 is 2.43 bits per heavy atom. The fraction of sp³-hybridized carbons (Fsp3) is 0.0588. The summed E-state index contributed by atoms with van der Waals surface area (Å²) in [6.45, 7) is 0. The summed E-state index contributed by atoms with van der Waals surface area (Å²) in [5.41, 5.74) is 0.398. The van der Waals surface area contributed by atoms with Crippen LogP contribution in [0.4, 0.5) is 10.1 Å². The van der Waals surface area contributed by atoms with E-state index in [0.717, 1.165) is 22.9 Å². The minimum absolute atomic E-state index is 0.0830. The largest absolute Gasteiger partial charge is 0.495 e. The first-order chi connectivity index (χ1) is 11.0. The Labute approximate surface area is 133 Å². The first-order valence-corrected chi connectivity index (χ1v) is 8.33. The minimum Gasteiger partial charge on any atom is -0.495 e.